The van der Waals surface area contributed by atoms with Gasteiger partial charge in [0.15, 0.2) is 0 Å². The number of aromatic nitrogens is 4. The average molecular weight is 1900 g/mol. The van der Waals surface area contributed by atoms with Gasteiger partial charge >= 0.3 is 0 Å². The number of hydrogen-bond acceptors (Lipinski definition) is 0. The van der Waals surface area contributed by atoms with E-state index in [2.05, 4.69) is 567 Å². The summed E-state index contributed by atoms with van der Waals surface area (Å²) < 4.78 is 13.8. The third-order valence-corrected chi connectivity index (χ3v) is 26.3. The third kappa shape index (κ3) is 16.0. The van der Waals surface area contributed by atoms with E-state index in [4.69, 9.17) is 0 Å². The van der Waals surface area contributed by atoms with E-state index < -0.39 is 0 Å². The largest absolute Gasteiger partial charge is 0.309 e. The molecule has 24 aromatic rings. The van der Waals surface area contributed by atoms with E-state index >= 15 is 0 Å². The van der Waals surface area contributed by atoms with Crippen molar-refractivity contribution < 1.29 is 0 Å². The van der Waals surface area contributed by atoms with Crippen LogP contribution in [0, 0.1) is 0 Å². The molecule has 0 aliphatic carbocycles. The fraction of sp³-hybridized carbons (Fsp3) is 0. The van der Waals surface area contributed by atoms with E-state index in [1.807, 2.05) is 0 Å². The summed E-state index contributed by atoms with van der Waals surface area (Å²) in [7, 11) is 0. The van der Waals surface area contributed by atoms with Crippen LogP contribution in [-0.4, -0.2) is 18.3 Å². The minimum Gasteiger partial charge on any atom is -0.309 e. The Labute approximate surface area is 777 Å². The number of para-hydroxylation sites is 8. The Kier molecular flexibility index (Phi) is 22.6. The van der Waals surface area contributed by atoms with Gasteiger partial charge in [-0.1, -0.05) is 385 Å². The molecule has 0 unspecified atom stereocenters. The van der Waals surface area contributed by atoms with E-state index in [1.54, 1.807) is 0 Å². The van der Waals surface area contributed by atoms with Crippen LogP contribution in [0.4, 0.5) is 0 Å². The first-order chi connectivity index (χ1) is 63.1. The van der Waals surface area contributed by atoms with Crippen molar-refractivity contribution in [1.82, 2.24) is 18.3 Å². The highest BCUT2D eigenvalue weighted by Gasteiger charge is 2.21. The normalized spacial score (nSPS) is 11.3. The molecule has 8 heteroatoms. The van der Waals surface area contributed by atoms with Gasteiger partial charge in [0.05, 0.1) is 44.1 Å². The Morgan fingerprint density at radius 1 is 0.117 bits per heavy atom. The highest BCUT2D eigenvalue weighted by molar-refractivity contribution is 9.11. The van der Waals surface area contributed by atoms with Gasteiger partial charge in [-0.25, -0.2) is 0 Å². The summed E-state index contributed by atoms with van der Waals surface area (Å²) in [5.74, 6) is 0. The first-order valence-corrected chi connectivity index (χ1v) is 46.1. The average Bonchev–Trinajstić information content (AvgIpc) is 1.60. The lowest BCUT2D eigenvalue weighted by Crippen LogP contribution is -1.93. The molecule has 0 radical (unpaired) electrons. The number of benzene rings is 20. The van der Waals surface area contributed by atoms with E-state index in [-0.39, 0.29) is 0 Å². The highest BCUT2D eigenvalue weighted by atomic mass is 79.9. The molecule has 0 amide bonds. The van der Waals surface area contributed by atoms with Crippen molar-refractivity contribution in [3.8, 4) is 112 Å². The molecule has 4 nitrogen and oxygen atoms in total. The predicted octanol–water partition coefficient (Wildman–Crippen LogP) is 35.5. The minimum absolute atomic E-state index is 1.09. The summed E-state index contributed by atoms with van der Waals surface area (Å²) in [6.45, 7) is 0. The molecule has 0 saturated carbocycles. The number of halogens is 4. The standard InChI is InChI=1S/4C30H20BrN/c31-25-11-7-10-23(19-25)21-8-6-9-22(18-21)24-16-17-30-28(20-24)27-14-4-5-15-29(27)32(30)26-12-2-1-3-13-26;31-23-10-8-9-21(19-23)25-13-4-5-14-26(25)22-17-18-30-28(20-22)27-15-6-7-16-29(27)32(30)24-11-2-1-3-12-24;31-23-17-14-21(15-18-23)25-10-4-5-11-26(25)22-16-19-28-27-12-6-7-13-29(27)32(30(28)20-22)24-8-2-1-3-9-24;31-25-17-14-22(15-18-25)21-10-12-23(13-11-21)24-16-19-28-27-8-4-5-9-29(27)32(30(28)20-24)26-6-2-1-3-7-26/h4*1-20H. The highest BCUT2D eigenvalue weighted by Crippen LogP contribution is 2.44. The van der Waals surface area contributed by atoms with Crippen LogP contribution in [0.25, 0.3) is 199 Å². The molecule has 24 rings (SSSR count). The molecule has 128 heavy (non-hydrogen) atoms. The second kappa shape index (κ2) is 35.9. The van der Waals surface area contributed by atoms with E-state index in [0.29, 0.717) is 0 Å². The second-order valence-corrected chi connectivity index (χ2v) is 35.6. The quantitative estimate of drug-likeness (QED) is 0.116. The van der Waals surface area contributed by atoms with Gasteiger partial charge in [-0.2, -0.15) is 0 Å². The lowest BCUT2D eigenvalue weighted by molar-refractivity contribution is 1.18. The Morgan fingerprint density at radius 3 is 0.773 bits per heavy atom. The van der Waals surface area contributed by atoms with Gasteiger partial charge < -0.3 is 18.3 Å². The fourth-order valence-corrected chi connectivity index (χ4v) is 19.6. The van der Waals surface area contributed by atoms with Gasteiger partial charge in [-0.3, -0.25) is 0 Å². The summed E-state index contributed by atoms with van der Waals surface area (Å²) in [5, 5.41) is 10.2. The van der Waals surface area contributed by atoms with Crippen LogP contribution < -0.4 is 0 Å². The van der Waals surface area contributed by atoms with Crippen molar-refractivity contribution in [3.63, 3.8) is 0 Å². The van der Waals surface area contributed by atoms with Crippen LogP contribution in [0.3, 0.4) is 0 Å². The minimum atomic E-state index is 1.09. The summed E-state index contributed by atoms with van der Waals surface area (Å²) in [6, 6.07) is 173. The lowest BCUT2D eigenvalue weighted by Gasteiger charge is -2.12. The Morgan fingerprint density at radius 2 is 0.352 bits per heavy atom. The molecule has 0 aliphatic rings. The zero-order chi connectivity index (χ0) is 86.0. The first kappa shape index (κ1) is 80.6. The van der Waals surface area contributed by atoms with Crippen molar-refractivity contribution >= 4 is 151 Å². The maximum absolute atomic E-state index is 3.62. The van der Waals surface area contributed by atoms with Crippen molar-refractivity contribution in [2.75, 3.05) is 0 Å². The van der Waals surface area contributed by atoms with Gasteiger partial charge in [-0.05, 0) is 253 Å². The molecule has 0 fully saturated rings. The molecule has 0 aliphatic heterocycles. The van der Waals surface area contributed by atoms with Crippen LogP contribution in [0.2, 0.25) is 0 Å². The van der Waals surface area contributed by atoms with Gasteiger partial charge in [0.25, 0.3) is 0 Å². The molecule has 0 saturated heterocycles. The summed E-state index contributed by atoms with van der Waals surface area (Å²) in [6.07, 6.45) is 0. The summed E-state index contributed by atoms with van der Waals surface area (Å²) >= 11 is 14.3. The van der Waals surface area contributed by atoms with Crippen LogP contribution in [0.1, 0.15) is 0 Å². The van der Waals surface area contributed by atoms with Crippen LogP contribution >= 0.6 is 63.7 Å². The molecule has 4 aromatic heterocycles. The molecule has 0 spiro atoms. The first-order valence-electron chi connectivity index (χ1n) is 42.9. The number of hydrogen-bond donors (Lipinski definition) is 0. The maximum Gasteiger partial charge on any atom is 0.0547 e. The zero-order valence-corrected chi connectivity index (χ0v) is 75.8. The Balaban J connectivity index is 0.000000104. The van der Waals surface area contributed by atoms with Crippen molar-refractivity contribution in [2.24, 2.45) is 0 Å². The number of rotatable bonds is 12. The van der Waals surface area contributed by atoms with Gasteiger partial charge in [0.1, 0.15) is 0 Å². The topological polar surface area (TPSA) is 19.7 Å². The smallest absolute Gasteiger partial charge is 0.0547 e. The second-order valence-electron chi connectivity index (χ2n) is 32.0. The third-order valence-electron chi connectivity index (χ3n) is 24.3. The van der Waals surface area contributed by atoms with Crippen molar-refractivity contribution in [1.29, 1.82) is 0 Å². The van der Waals surface area contributed by atoms with Gasteiger partial charge in [0.2, 0.25) is 0 Å². The molecular weight excluding hydrogens is 1820 g/mol. The van der Waals surface area contributed by atoms with Gasteiger partial charge in [-0.15, -0.1) is 0 Å². The van der Waals surface area contributed by atoms with E-state index in [9.17, 15) is 0 Å². The van der Waals surface area contributed by atoms with Crippen LogP contribution in [-0.2, 0) is 0 Å². The van der Waals surface area contributed by atoms with Crippen molar-refractivity contribution in [2.45, 2.75) is 0 Å². The summed E-state index contributed by atoms with van der Waals surface area (Å²) in [5.41, 5.74) is 34.1. The van der Waals surface area contributed by atoms with Crippen LogP contribution in [0.5, 0.6) is 0 Å². The maximum atomic E-state index is 3.62. The monoisotopic (exact) mass is 1890 g/mol. The van der Waals surface area contributed by atoms with E-state index in [0.717, 1.165) is 17.9 Å². The number of fused-ring (bicyclic) bond motifs is 12. The number of nitrogens with zero attached hydrogens (tertiary/aromatic N) is 4. The Hall–Kier alpha value is -14.5. The van der Waals surface area contributed by atoms with E-state index in [1.165, 1.54) is 199 Å². The molecular formula is C120H80Br4N4. The van der Waals surface area contributed by atoms with Crippen molar-refractivity contribution in [3.05, 3.63) is 503 Å². The molecule has 608 valence electrons. The summed E-state index contributed by atoms with van der Waals surface area (Å²) in [4.78, 5) is 0. The Bertz CT molecular complexity index is 8200. The molecule has 4 heterocycles. The molecule has 0 N–H and O–H groups in total. The zero-order valence-electron chi connectivity index (χ0n) is 69.5. The lowest BCUT2D eigenvalue weighted by atomic mass is 9.94. The van der Waals surface area contributed by atoms with Crippen LogP contribution in [0.15, 0.2) is 503 Å². The molecule has 0 bridgehead atoms. The predicted molar refractivity (Wildman–Crippen MR) is 557 cm³/mol. The fourth-order valence-electron chi connectivity index (χ4n) is 18.3. The SMILES string of the molecule is Brc1ccc(-c2ccc(-c3ccc4c5ccccc5n(-c5ccccc5)c4c3)cc2)cc1.Brc1ccc(-c2ccccc2-c2ccc3c4ccccc4n(-c4ccccc4)c3c2)cc1.Brc1cccc(-c2cccc(-c3ccc4c(c3)c3ccccc3n4-c3ccccc3)c2)c1.Brc1cccc(-c2ccccc2-c2ccc3c(c2)c2ccccc2n3-c2ccccc2)c1. The molecule has 0 atom stereocenters. The van der Waals surface area contributed by atoms with Gasteiger partial charge in [0, 0.05) is 83.7 Å². The molecule has 20 aromatic carbocycles.